The van der Waals surface area contributed by atoms with Gasteiger partial charge in [-0.05, 0) is 37.1 Å². The lowest BCUT2D eigenvalue weighted by Crippen LogP contribution is -2.07. The molecule has 1 unspecified atom stereocenters. The first-order valence-electron chi connectivity index (χ1n) is 5.75. The summed E-state index contributed by atoms with van der Waals surface area (Å²) >= 11 is 3.37. The molecule has 0 aliphatic carbocycles. The standard InChI is InChI=1S/C13H17BrO4/c1-3-18-13(16)7-6-12(15)10-8-9(17-2)4-5-11(10)14/h4-5,8,12,15H,3,6-7H2,1-2H3. The minimum Gasteiger partial charge on any atom is -0.497 e. The van der Waals surface area contributed by atoms with Crippen LogP contribution in [0.2, 0.25) is 0 Å². The van der Waals surface area contributed by atoms with Crippen molar-refractivity contribution in [2.45, 2.75) is 25.9 Å². The Bertz CT molecular complexity index is 406. The Morgan fingerprint density at radius 2 is 2.22 bits per heavy atom. The molecule has 100 valence electrons. The van der Waals surface area contributed by atoms with E-state index in [1.54, 1.807) is 26.2 Å². The minimum absolute atomic E-state index is 0.193. The van der Waals surface area contributed by atoms with E-state index in [4.69, 9.17) is 9.47 Å². The van der Waals surface area contributed by atoms with Gasteiger partial charge in [0.25, 0.3) is 0 Å². The van der Waals surface area contributed by atoms with Gasteiger partial charge in [-0.25, -0.2) is 0 Å². The number of benzene rings is 1. The number of halogens is 1. The first-order valence-corrected chi connectivity index (χ1v) is 6.55. The third-order valence-corrected chi connectivity index (χ3v) is 3.21. The van der Waals surface area contributed by atoms with Gasteiger partial charge in [0.1, 0.15) is 5.75 Å². The van der Waals surface area contributed by atoms with Gasteiger partial charge < -0.3 is 14.6 Å². The van der Waals surface area contributed by atoms with E-state index < -0.39 is 6.10 Å². The number of hydrogen-bond acceptors (Lipinski definition) is 4. The molecule has 0 spiro atoms. The maximum absolute atomic E-state index is 11.2. The van der Waals surface area contributed by atoms with E-state index in [0.717, 1.165) is 4.47 Å². The number of rotatable bonds is 6. The maximum Gasteiger partial charge on any atom is 0.305 e. The molecule has 0 heterocycles. The van der Waals surface area contributed by atoms with Crippen molar-refractivity contribution in [3.05, 3.63) is 28.2 Å². The third kappa shape index (κ3) is 4.31. The summed E-state index contributed by atoms with van der Waals surface area (Å²) in [6.45, 7) is 2.12. The molecular weight excluding hydrogens is 300 g/mol. The quantitative estimate of drug-likeness (QED) is 0.820. The fraction of sp³-hybridized carbons (Fsp3) is 0.462. The average Bonchev–Trinajstić information content (AvgIpc) is 2.37. The number of ether oxygens (including phenoxy) is 2. The molecule has 4 nitrogen and oxygen atoms in total. The molecule has 0 saturated heterocycles. The van der Waals surface area contributed by atoms with Crippen LogP contribution in [0.25, 0.3) is 0 Å². The van der Waals surface area contributed by atoms with Crippen LogP contribution in [-0.4, -0.2) is 24.8 Å². The molecule has 1 N–H and O–H groups in total. The van der Waals surface area contributed by atoms with E-state index in [2.05, 4.69) is 15.9 Å². The summed E-state index contributed by atoms with van der Waals surface area (Å²) in [5.41, 5.74) is 0.707. The van der Waals surface area contributed by atoms with Crippen LogP contribution in [0.15, 0.2) is 22.7 Å². The molecule has 0 radical (unpaired) electrons. The first kappa shape index (κ1) is 15.0. The second kappa shape index (κ2) is 7.38. The molecule has 0 aromatic heterocycles. The number of carbonyl (C=O) groups is 1. The van der Waals surface area contributed by atoms with Crippen molar-refractivity contribution in [3.8, 4) is 5.75 Å². The number of hydrogen-bond donors (Lipinski definition) is 1. The van der Waals surface area contributed by atoms with Gasteiger partial charge >= 0.3 is 5.97 Å². The van der Waals surface area contributed by atoms with Crippen molar-refractivity contribution in [3.63, 3.8) is 0 Å². The van der Waals surface area contributed by atoms with E-state index >= 15 is 0 Å². The fourth-order valence-corrected chi connectivity index (χ4v) is 2.06. The van der Waals surface area contributed by atoms with Crippen LogP contribution < -0.4 is 4.74 Å². The van der Waals surface area contributed by atoms with Crippen LogP contribution >= 0.6 is 15.9 Å². The van der Waals surface area contributed by atoms with Crippen LogP contribution in [0.3, 0.4) is 0 Å². The summed E-state index contributed by atoms with van der Waals surface area (Å²) in [5, 5.41) is 10.0. The van der Waals surface area contributed by atoms with Crippen LogP contribution in [0.5, 0.6) is 5.75 Å². The van der Waals surface area contributed by atoms with E-state index in [1.807, 2.05) is 6.07 Å². The lowest BCUT2D eigenvalue weighted by atomic mass is 10.0. The highest BCUT2D eigenvalue weighted by atomic mass is 79.9. The van der Waals surface area contributed by atoms with Gasteiger partial charge in [0, 0.05) is 10.9 Å². The SMILES string of the molecule is CCOC(=O)CCC(O)c1cc(OC)ccc1Br. The van der Waals surface area contributed by atoms with Gasteiger partial charge in [0.15, 0.2) is 0 Å². The Balaban J connectivity index is 2.65. The number of aliphatic hydroxyl groups excluding tert-OH is 1. The number of aliphatic hydroxyl groups is 1. The van der Waals surface area contributed by atoms with Crippen LogP contribution in [0.1, 0.15) is 31.4 Å². The average molecular weight is 317 g/mol. The third-order valence-electron chi connectivity index (χ3n) is 2.49. The summed E-state index contributed by atoms with van der Waals surface area (Å²) in [6.07, 6.45) is -0.206. The molecule has 5 heteroatoms. The highest BCUT2D eigenvalue weighted by Crippen LogP contribution is 2.30. The molecular formula is C13H17BrO4. The number of carbonyl (C=O) groups excluding carboxylic acids is 1. The Labute approximate surface area is 115 Å². The van der Waals surface area contributed by atoms with E-state index in [1.165, 1.54) is 0 Å². The maximum atomic E-state index is 11.2. The van der Waals surface area contributed by atoms with Crippen molar-refractivity contribution in [1.82, 2.24) is 0 Å². The molecule has 0 amide bonds. The summed E-state index contributed by atoms with van der Waals surface area (Å²) in [5.74, 6) is 0.374. The van der Waals surface area contributed by atoms with Crippen molar-refractivity contribution < 1.29 is 19.4 Å². The molecule has 0 aliphatic rings. The molecule has 0 saturated carbocycles. The van der Waals surface area contributed by atoms with Gasteiger partial charge in [-0.1, -0.05) is 15.9 Å². The second-order valence-electron chi connectivity index (χ2n) is 3.75. The lowest BCUT2D eigenvalue weighted by Gasteiger charge is -2.13. The molecule has 1 atom stereocenters. The Morgan fingerprint density at radius 1 is 1.50 bits per heavy atom. The first-order chi connectivity index (χ1) is 8.58. The normalized spacial score (nSPS) is 12.0. The fourth-order valence-electron chi connectivity index (χ4n) is 1.55. The largest absolute Gasteiger partial charge is 0.497 e. The van der Waals surface area contributed by atoms with Crippen LogP contribution in [0, 0.1) is 0 Å². The Kier molecular flexibility index (Phi) is 6.15. The molecule has 1 aromatic rings. The van der Waals surface area contributed by atoms with E-state index in [-0.39, 0.29) is 12.4 Å². The number of esters is 1. The van der Waals surface area contributed by atoms with Gasteiger partial charge in [0.2, 0.25) is 0 Å². The topological polar surface area (TPSA) is 55.8 Å². The zero-order valence-corrected chi connectivity index (χ0v) is 12.1. The summed E-state index contributed by atoms with van der Waals surface area (Å²) in [6, 6.07) is 5.35. The Morgan fingerprint density at radius 3 is 2.83 bits per heavy atom. The van der Waals surface area contributed by atoms with Crippen molar-refractivity contribution in [2.24, 2.45) is 0 Å². The summed E-state index contributed by atoms with van der Waals surface area (Å²) < 4.78 is 10.7. The Hall–Kier alpha value is -1.07. The van der Waals surface area contributed by atoms with Crippen molar-refractivity contribution in [2.75, 3.05) is 13.7 Å². The minimum atomic E-state index is -0.723. The smallest absolute Gasteiger partial charge is 0.305 e. The summed E-state index contributed by atoms with van der Waals surface area (Å²) in [7, 11) is 1.57. The number of methoxy groups -OCH3 is 1. The van der Waals surface area contributed by atoms with E-state index in [0.29, 0.717) is 24.3 Å². The lowest BCUT2D eigenvalue weighted by molar-refractivity contribution is -0.143. The predicted molar refractivity (Wildman–Crippen MR) is 71.5 cm³/mol. The molecule has 1 aromatic carbocycles. The zero-order chi connectivity index (χ0) is 13.5. The molecule has 18 heavy (non-hydrogen) atoms. The monoisotopic (exact) mass is 316 g/mol. The highest BCUT2D eigenvalue weighted by Gasteiger charge is 2.14. The summed E-state index contributed by atoms with van der Waals surface area (Å²) in [4.78, 5) is 11.2. The van der Waals surface area contributed by atoms with Gasteiger partial charge in [-0.15, -0.1) is 0 Å². The zero-order valence-electron chi connectivity index (χ0n) is 10.5. The highest BCUT2D eigenvalue weighted by molar-refractivity contribution is 9.10. The van der Waals surface area contributed by atoms with Crippen LogP contribution in [-0.2, 0) is 9.53 Å². The van der Waals surface area contributed by atoms with Crippen molar-refractivity contribution in [1.29, 1.82) is 0 Å². The second-order valence-corrected chi connectivity index (χ2v) is 4.60. The van der Waals surface area contributed by atoms with Crippen LogP contribution in [0.4, 0.5) is 0 Å². The molecule has 0 aliphatic heterocycles. The predicted octanol–water partition coefficient (Wildman–Crippen LogP) is 2.83. The van der Waals surface area contributed by atoms with Crippen molar-refractivity contribution >= 4 is 21.9 Å². The molecule has 0 fully saturated rings. The molecule has 0 bridgehead atoms. The van der Waals surface area contributed by atoms with E-state index in [9.17, 15) is 9.90 Å². The van der Waals surface area contributed by atoms with Gasteiger partial charge in [-0.2, -0.15) is 0 Å². The molecule has 1 rings (SSSR count). The van der Waals surface area contributed by atoms with Gasteiger partial charge in [0.05, 0.1) is 19.8 Å². The van der Waals surface area contributed by atoms with Gasteiger partial charge in [-0.3, -0.25) is 4.79 Å².